The third kappa shape index (κ3) is 1.91. The summed E-state index contributed by atoms with van der Waals surface area (Å²) in [7, 11) is 0. The van der Waals surface area contributed by atoms with Crippen LogP contribution in [0.15, 0.2) is 16.5 Å². The molecular weight excluding hydrogens is 190 g/mol. The number of carbonyl (C=O) groups excluding carboxylic acids is 1. The Balaban J connectivity index is 2.18. The Hall–Kier alpha value is -1.25. The highest BCUT2D eigenvalue weighted by molar-refractivity contribution is 5.71. The van der Waals surface area contributed by atoms with Crippen LogP contribution < -0.4 is 4.90 Å². The lowest BCUT2D eigenvalue weighted by molar-refractivity contribution is 0.110. The van der Waals surface area contributed by atoms with Gasteiger partial charge in [-0.3, -0.25) is 4.79 Å². The molecule has 3 heteroatoms. The second-order valence-corrected chi connectivity index (χ2v) is 4.35. The highest BCUT2D eigenvalue weighted by Gasteiger charge is 2.26. The molecule has 2 heterocycles. The molecule has 1 aromatic rings. The molecule has 0 bridgehead atoms. The number of piperidine rings is 1. The maximum absolute atomic E-state index is 10.5. The quantitative estimate of drug-likeness (QED) is 0.699. The molecule has 0 amide bonds. The van der Waals surface area contributed by atoms with E-state index in [1.807, 2.05) is 6.07 Å². The van der Waals surface area contributed by atoms with Crippen molar-refractivity contribution in [3.05, 3.63) is 17.9 Å². The van der Waals surface area contributed by atoms with Crippen LogP contribution in [0.3, 0.4) is 0 Å². The minimum Gasteiger partial charge on any atom is -0.438 e. The van der Waals surface area contributed by atoms with E-state index in [2.05, 4.69) is 18.7 Å². The van der Waals surface area contributed by atoms with E-state index in [1.165, 1.54) is 12.8 Å². The first-order chi connectivity index (χ1) is 7.22. The van der Waals surface area contributed by atoms with Gasteiger partial charge in [-0.1, -0.05) is 6.92 Å². The van der Waals surface area contributed by atoms with Gasteiger partial charge in [-0.2, -0.15) is 0 Å². The van der Waals surface area contributed by atoms with Gasteiger partial charge in [0.25, 0.3) is 0 Å². The Kier molecular flexibility index (Phi) is 2.80. The van der Waals surface area contributed by atoms with E-state index in [0.29, 0.717) is 17.7 Å². The van der Waals surface area contributed by atoms with Gasteiger partial charge < -0.3 is 9.32 Å². The van der Waals surface area contributed by atoms with Crippen molar-refractivity contribution < 1.29 is 9.21 Å². The van der Waals surface area contributed by atoms with Gasteiger partial charge in [-0.15, -0.1) is 0 Å². The number of aldehydes is 1. The highest BCUT2D eigenvalue weighted by atomic mass is 16.4. The van der Waals surface area contributed by atoms with Gasteiger partial charge in [0.15, 0.2) is 17.9 Å². The van der Waals surface area contributed by atoms with Gasteiger partial charge in [-0.05, 0) is 31.7 Å². The first-order valence-electron chi connectivity index (χ1n) is 5.54. The van der Waals surface area contributed by atoms with Crippen LogP contribution in [0.2, 0.25) is 0 Å². The molecule has 2 unspecified atom stereocenters. The molecule has 15 heavy (non-hydrogen) atoms. The summed E-state index contributed by atoms with van der Waals surface area (Å²) in [5.74, 6) is 1.93. The Morgan fingerprint density at radius 1 is 1.47 bits per heavy atom. The summed E-state index contributed by atoms with van der Waals surface area (Å²) in [6.45, 7) is 5.50. The summed E-state index contributed by atoms with van der Waals surface area (Å²) >= 11 is 0. The van der Waals surface area contributed by atoms with Gasteiger partial charge >= 0.3 is 0 Å². The average Bonchev–Trinajstić information content (AvgIpc) is 2.70. The average molecular weight is 207 g/mol. The molecule has 3 nitrogen and oxygen atoms in total. The fourth-order valence-electron chi connectivity index (χ4n) is 2.21. The van der Waals surface area contributed by atoms with E-state index in [0.717, 1.165) is 18.7 Å². The van der Waals surface area contributed by atoms with E-state index in [4.69, 9.17) is 4.42 Å². The maximum Gasteiger partial charge on any atom is 0.196 e. The van der Waals surface area contributed by atoms with Crippen molar-refractivity contribution in [2.75, 3.05) is 11.4 Å². The number of rotatable bonds is 2. The van der Waals surface area contributed by atoms with Crippen molar-refractivity contribution in [1.82, 2.24) is 0 Å². The SMILES string of the molecule is CC1CCCN(c2ccc(C=O)o2)C1C. The van der Waals surface area contributed by atoms with E-state index in [-0.39, 0.29) is 0 Å². The third-order valence-corrected chi connectivity index (χ3v) is 3.39. The zero-order chi connectivity index (χ0) is 10.8. The van der Waals surface area contributed by atoms with E-state index < -0.39 is 0 Å². The summed E-state index contributed by atoms with van der Waals surface area (Å²) in [5.41, 5.74) is 0. The van der Waals surface area contributed by atoms with Gasteiger partial charge in [0.2, 0.25) is 0 Å². The molecule has 0 radical (unpaired) electrons. The number of carbonyl (C=O) groups is 1. The number of furan rings is 1. The molecule has 0 aliphatic carbocycles. The normalized spacial score (nSPS) is 26.7. The lowest BCUT2D eigenvalue weighted by Crippen LogP contribution is -2.42. The van der Waals surface area contributed by atoms with Crippen LogP contribution in [0, 0.1) is 5.92 Å². The zero-order valence-electron chi connectivity index (χ0n) is 9.27. The predicted octanol–water partition coefficient (Wildman–Crippen LogP) is 2.72. The molecular formula is C12H17NO2. The molecule has 1 fully saturated rings. The molecule has 82 valence electrons. The van der Waals surface area contributed by atoms with Crippen molar-refractivity contribution >= 4 is 12.2 Å². The lowest BCUT2D eigenvalue weighted by Gasteiger charge is -2.37. The third-order valence-electron chi connectivity index (χ3n) is 3.39. The Bertz CT molecular complexity index is 345. The van der Waals surface area contributed by atoms with E-state index in [1.54, 1.807) is 6.07 Å². The van der Waals surface area contributed by atoms with Crippen molar-refractivity contribution in [3.63, 3.8) is 0 Å². The van der Waals surface area contributed by atoms with Crippen molar-refractivity contribution in [3.8, 4) is 0 Å². The highest BCUT2D eigenvalue weighted by Crippen LogP contribution is 2.29. The second-order valence-electron chi connectivity index (χ2n) is 4.35. The van der Waals surface area contributed by atoms with Crippen molar-refractivity contribution in [2.45, 2.75) is 32.7 Å². The molecule has 1 aromatic heterocycles. The summed E-state index contributed by atoms with van der Waals surface area (Å²) < 4.78 is 5.45. The Morgan fingerprint density at radius 3 is 2.93 bits per heavy atom. The second kappa shape index (κ2) is 4.09. The molecule has 1 aliphatic rings. The monoisotopic (exact) mass is 207 g/mol. The summed E-state index contributed by atoms with van der Waals surface area (Å²) in [4.78, 5) is 12.8. The van der Waals surface area contributed by atoms with E-state index in [9.17, 15) is 4.79 Å². The van der Waals surface area contributed by atoms with E-state index >= 15 is 0 Å². The summed E-state index contributed by atoms with van der Waals surface area (Å²) in [5, 5.41) is 0. The number of hydrogen-bond acceptors (Lipinski definition) is 3. The largest absolute Gasteiger partial charge is 0.438 e. The zero-order valence-corrected chi connectivity index (χ0v) is 9.27. The van der Waals surface area contributed by atoms with Crippen LogP contribution in [-0.4, -0.2) is 18.9 Å². The number of hydrogen-bond donors (Lipinski definition) is 0. The number of nitrogens with zero attached hydrogens (tertiary/aromatic N) is 1. The first kappa shape index (κ1) is 10.3. The van der Waals surface area contributed by atoms with Gasteiger partial charge in [0.05, 0.1) is 0 Å². The summed E-state index contributed by atoms with van der Waals surface area (Å²) in [6.07, 6.45) is 3.23. The van der Waals surface area contributed by atoms with Crippen LogP contribution in [-0.2, 0) is 0 Å². The van der Waals surface area contributed by atoms with Crippen LogP contribution >= 0.6 is 0 Å². The minimum absolute atomic E-state index is 0.412. The van der Waals surface area contributed by atoms with Crippen molar-refractivity contribution in [2.24, 2.45) is 5.92 Å². The molecule has 1 saturated heterocycles. The number of anilines is 1. The molecule has 0 spiro atoms. The van der Waals surface area contributed by atoms with Crippen LogP contribution in [0.1, 0.15) is 37.2 Å². The minimum atomic E-state index is 0.412. The van der Waals surface area contributed by atoms with Gasteiger partial charge in [-0.25, -0.2) is 0 Å². The van der Waals surface area contributed by atoms with Crippen LogP contribution in [0.4, 0.5) is 5.88 Å². The molecule has 0 saturated carbocycles. The lowest BCUT2D eigenvalue weighted by atomic mass is 9.92. The maximum atomic E-state index is 10.5. The molecule has 1 aliphatic heterocycles. The van der Waals surface area contributed by atoms with Crippen LogP contribution in [0.5, 0.6) is 0 Å². The van der Waals surface area contributed by atoms with Crippen LogP contribution in [0.25, 0.3) is 0 Å². The van der Waals surface area contributed by atoms with Gasteiger partial charge in [0, 0.05) is 18.7 Å². The first-order valence-corrected chi connectivity index (χ1v) is 5.54. The fraction of sp³-hybridized carbons (Fsp3) is 0.583. The Morgan fingerprint density at radius 2 is 2.27 bits per heavy atom. The van der Waals surface area contributed by atoms with Gasteiger partial charge in [0.1, 0.15) is 0 Å². The fourth-order valence-corrected chi connectivity index (χ4v) is 2.21. The Labute approximate surface area is 90.1 Å². The molecule has 2 atom stereocenters. The predicted molar refractivity (Wildman–Crippen MR) is 59.3 cm³/mol. The standard InChI is InChI=1S/C12H17NO2/c1-9-4-3-7-13(10(9)2)12-6-5-11(8-14)15-12/h5-6,8-10H,3-4,7H2,1-2H3. The molecule has 0 aromatic carbocycles. The topological polar surface area (TPSA) is 33.5 Å². The van der Waals surface area contributed by atoms with Crippen molar-refractivity contribution in [1.29, 1.82) is 0 Å². The smallest absolute Gasteiger partial charge is 0.196 e. The molecule has 2 rings (SSSR count). The molecule has 0 N–H and O–H groups in total. The summed E-state index contributed by atoms with van der Waals surface area (Å²) in [6, 6.07) is 4.11.